The average molecular weight is 280 g/mol. The van der Waals surface area contributed by atoms with E-state index in [1.54, 1.807) is 18.2 Å². The van der Waals surface area contributed by atoms with Crippen LogP contribution in [-0.2, 0) is 9.53 Å². The van der Waals surface area contributed by atoms with Crippen molar-refractivity contribution >= 4 is 17.7 Å². The van der Waals surface area contributed by atoms with E-state index in [0.29, 0.717) is 30.4 Å². The van der Waals surface area contributed by atoms with Crippen molar-refractivity contribution in [2.24, 2.45) is 0 Å². The van der Waals surface area contributed by atoms with Gasteiger partial charge in [-0.25, -0.2) is 4.79 Å². The largest absolute Gasteiger partial charge is 0.486 e. The number of alkyl carbamates (subject to hydrolysis) is 1. The predicted molar refractivity (Wildman–Crippen MR) is 71.1 cm³/mol. The Balaban J connectivity index is 1.83. The number of nitrogens with one attached hydrogen (secondary N) is 2. The summed E-state index contributed by atoms with van der Waals surface area (Å²) in [5.74, 6) is 1.07. The number of hydrogen-bond acceptors (Lipinski definition) is 5. The van der Waals surface area contributed by atoms with E-state index >= 15 is 0 Å². The van der Waals surface area contributed by atoms with Gasteiger partial charge < -0.3 is 24.8 Å². The van der Waals surface area contributed by atoms with Gasteiger partial charge in [0.25, 0.3) is 0 Å². The van der Waals surface area contributed by atoms with E-state index in [9.17, 15) is 9.59 Å². The summed E-state index contributed by atoms with van der Waals surface area (Å²) in [5, 5.41) is 5.15. The van der Waals surface area contributed by atoms with E-state index in [4.69, 9.17) is 9.47 Å². The fourth-order valence-electron chi connectivity index (χ4n) is 1.69. The van der Waals surface area contributed by atoms with E-state index < -0.39 is 6.09 Å². The van der Waals surface area contributed by atoms with Crippen LogP contribution in [0.4, 0.5) is 10.5 Å². The van der Waals surface area contributed by atoms with Crippen LogP contribution in [-0.4, -0.2) is 38.9 Å². The first kappa shape index (κ1) is 14.0. The topological polar surface area (TPSA) is 85.9 Å². The molecule has 0 bridgehead atoms. The van der Waals surface area contributed by atoms with Gasteiger partial charge in [-0.1, -0.05) is 0 Å². The van der Waals surface area contributed by atoms with Crippen molar-refractivity contribution in [1.82, 2.24) is 5.32 Å². The molecule has 1 aliphatic heterocycles. The Morgan fingerprint density at radius 3 is 2.75 bits per heavy atom. The van der Waals surface area contributed by atoms with Gasteiger partial charge in [-0.15, -0.1) is 0 Å². The summed E-state index contributed by atoms with van der Waals surface area (Å²) in [6, 6.07) is 5.19. The molecule has 1 aromatic carbocycles. The van der Waals surface area contributed by atoms with Gasteiger partial charge in [-0.3, -0.25) is 4.79 Å². The Hall–Kier alpha value is -2.44. The van der Waals surface area contributed by atoms with E-state index in [-0.39, 0.29) is 18.9 Å². The molecule has 1 aliphatic rings. The second-order valence-electron chi connectivity index (χ2n) is 4.07. The molecule has 7 nitrogen and oxygen atoms in total. The van der Waals surface area contributed by atoms with E-state index in [2.05, 4.69) is 15.4 Å². The van der Waals surface area contributed by atoms with Crippen molar-refractivity contribution in [3.8, 4) is 11.5 Å². The van der Waals surface area contributed by atoms with Gasteiger partial charge in [-0.05, 0) is 12.1 Å². The van der Waals surface area contributed by atoms with Gasteiger partial charge in [0.05, 0.1) is 7.11 Å². The molecule has 2 N–H and O–H groups in total. The molecule has 7 heteroatoms. The minimum absolute atomic E-state index is 0.156. The molecule has 20 heavy (non-hydrogen) atoms. The van der Waals surface area contributed by atoms with Gasteiger partial charge in [0, 0.05) is 24.7 Å². The summed E-state index contributed by atoms with van der Waals surface area (Å²) in [4.78, 5) is 22.5. The Morgan fingerprint density at radius 2 is 2.00 bits per heavy atom. The van der Waals surface area contributed by atoms with Crippen molar-refractivity contribution in [2.45, 2.75) is 6.42 Å². The summed E-state index contributed by atoms with van der Waals surface area (Å²) in [7, 11) is 1.27. The highest BCUT2D eigenvalue weighted by atomic mass is 16.6. The highest BCUT2D eigenvalue weighted by Crippen LogP contribution is 2.32. The normalized spacial score (nSPS) is 12.4. The molecule has 1 heterocycles. The number of benzene rings is 1. The zero-order valence-corrected chi connectivity index (χ0v) is 11.1. The summed E-state index contributed by atoms with van der Waals surface area (Å²) >= 11 is 0. The second kappa shape index (κ2) is 6.65. The highest BCUT2D eigenvalue weighted by Gasteiger charge is 2.12. The summed E-state index contributed by atoms with van der Waals surface area (Å²) in [5.41, 5.74) is 0.623. The molecule has 0 saturated heterocycles. The minimum Gasteiger partial charge on any atom is -0.486 e. The predicted octanol–water partition coefficient (Wildman–Crippen LogP) is 1.14. The molecule has 0 aliphatic carbocycles. The summed E-state index contributed by atoms with van der Waals surface area (Å²) in [6.07, 6.45) is -0.402. The lowest BCUT2D eigenvalue weighted by Gasteiger charge is -2.19. The van der Waals surface area contributed by atoms with Crippen LogP contribution in [0.15, 0.2) is 18.2 Å². The quantitative estimate of drug-likeness (QED) is 0.864. The molecule has 1 aromatic rings. The number of hydrogen-bond donors (Lipinski definition) is 2. The molecule has 0 spiro atoms. The first-order chi connectivity index (χ1) is 9.69. The first-order valence-corrected chi connectivity index (χ1v) is 6.20. The fraction of sp³-hybridized carbons (Fsp3) is 0.385. The van der Waals surface area contributed by atoms with Crippen LogP contribution in [0, 0.1) is 0 Å². The third-order valence-corrected chi connectivity index (χ3v) is 2.63. The van der Waals surface area contributed by atoms with E-state index in [1.807, 2.05) is 0 Å². The molecule has 0 saturated carbocycles. The monoisotopic (exact) mass is 280 g/mol. The van der Waals surface area contributed by atoms with Crippen LogP contribution in [0.25, 0.3) is 0 Å². The molecule has 2 rings (SSSR count). The number of methoxy groups -OCH3 is 1. The first-order valence-electron chi connectivity index (χ1n) is 6.20. The van der Waals surface area contributed by atoms with Gasteiger partial charge in [-0.2, -0.15) is 0 Å². The summed E-state index contributed by atoms with van der Waals surface area (Å²) in [6.45, 7) is 1.23. The third-order valence-electron chi connectivity index (χ3n) is 2.63. The lowest BCUT2D eigenvalue weighted by molar-refractivity contribution is -0.116. The van der Waals surface area contributed by atoms with E-state index in [1.165, 1.54) is 7.11 Å². The zero-order valence-electron chi connectivity index (χ0n) is 11.1. The molecule has 0 radical (unpaired) electrons. The van der Waals surface area contributed by atoms with Crippen LogP contribution in [0.1, 0.15) is 6.42 Å². The molecule has 0 unspecified atom stereocenters. The van der Waals surface area contributed by atoms with Crippen LogP contribution < -0.4 is 20.1 Å². The van der Waals surface area contributed by atoms with Gasteiger partial charge >= 0.3 is 6.09 Å². The number of fused-ring (bicyclic) bond motifs is 1. The number of rotatable bonds is 4. The van der Waals surface area contributed by atoms with Crippen LogP contribution >= 0.6 is 0 Å². The van der Waals surface area contributed by atoms with Crippen LogP contribution in [0.5, 0.6) is 11.5 Å². The van der Waals surface area contributed by atoms with Crippen molar-refractivity contribution in [3.63, 3.8) is 0 Å². The number of anilines is 1. The van der Waals surface area contributed by atoms with Gasteiger partial charge in [0.15, 0.2) is 11.5 Å². The smallest absolute Gasteiger partial charge is 0.406 e. The average Bonchev–Trinajstić information content (AvgIpc) is 2.47. The van der Waals surface area contributed by atoms with Gasteiger partial charge in [0.1, 0.15) is 13.2 Å². The fourth-order valence-corrected chi connectivity index (χ4v) is 1.69. The Bertz CT molecular complexity index is 504. The van der Waals surface area contributed by atoms with Crippen LogP contribution in [0.3, 0.4) is 0 Å². The standard InChI is InChI=1S/C13H16N2O5/c1-18-13(17)14-5-4-12(16)15-9-2-3-10-11(8-9)20-7-6-19-10/h2-3,8H,4-7H2,1H3,(H,14,17)(H,15,16). The molecule has 2 amide bonds. The van der Waals surface area contributed by atoms with Gasteiger partial charge in [0.2, 0.25) is 5.91 Å². The molecule has 0 fully saturated rings. The van der Waals surface area contributed by atoms with Crippen molar-refractivity contribution < 1.29 is 23.8 Å². The lowest BCUT2D eigenvalue weighted by Crippen LogP contribution is -2.27. The SMILES string of the molecule is COC(=O)NCCC(=O)Nc1ccc2c(c1)OCCO2. The number of amides is 2. The van der Waals surface area contributed by atoms with E-state index in [0.717, 1.165) is 0 Å². The maximum absolute atomic E-state index is 11.7. The lowest BCUT2D eigenvalue weighted by atomic mass is 10.2. The molecular formula is C13H16N2O5. The third kappa shape index (κ3) is 3.78. The molecule has 0 aromatic heterocycles. The second-order valence-corrected chi connectivity index (χ2v) is 4.07. The maximum Gasteiger partial charge on any atom is 0.406 e. The molecular weight excluding hydrogens is 264 g/mol. The summed E-state index contributed by atoms with van der Waals surface area (Å²) < 4.78 is 15.2. The highest BCUT2D eigenvalue weighted by molar-refractivity contribution is 5.91. The van der Waals surface area contributed by atoms with Crippen molar-refractivity contribution in [2.75, 3.05) is 32.2 Å². The Labute approximate surface area is 116 Å². The van der Waals surface area contributed by atoms with Crippen LogP contribution in [0.2, 0.25) is 0 Å². The zero-order chi connectivity index (χ0) is 14.4. The van der Waals surface area contributed by atoms with Crippen molar-refractivity contribution in [1.29, 1.82) is 0 Å². The molecule has 0 atom stereocenters. The minimum atomic E-state index is -0.558. The molecule has 108 valence electrons. The number of carbonyl (C=O) groups is 2. The Morgan fingerprint density at radius 1 is 1.25 bits per heavy atom. The number of ether oxygens (including phenoxy) is 3. The number of carbonyl (C=O) groups excluding carboxylic acids is 2. The maximum atomic E-state index is 11.7. The Kier molecular flexibility index (Phi) is 4.65. The van der Waals surface area contributed by atoms with Crippen molar-refractivity contribution in [3.05, 3.63) is 18.2 Å².